The third kappa shape index (κ3) is 17.3. The molecule has 2 aromatic rings. The van der Waals surface area contributed by atoms with Crippen molar-refractivity contribution in [3.63, 3.8) is 0 Å². The molecule has 0 aliphatic carbocycles. The Bertz CT molecular complexity index is 819. The number of rotatable bonds is 22. The normalized spacial score (nSPS) is 10.6. The first-order chi connectivity index (χ1) is 17.4. The largest absolute Gasteiger partial charge is 0.381 e. The fourth-order valence-corrected chi connectivity index (χ4v) is 4.01. The molecule has 0 saturated carbocycles. The molecule has 0 saturated heterocycles. The van der Waals surface area contributed by atoms with Crippen LogP contribution in [0.3, 0.4) is 0 Å². The summed E-state index contributed by atoms with van der Waals surface area (Å²) in [5, 5.41) is 3.53. The van der Waals surface area contributed by atoms with Gasteiger partial charge in [0.25, 0.3) is 0 Å². The lowest BCUT2D eigenvalue weighted by Crippen LogP contribution is -2.33. The maximum absolute atomic E-state index is 8.24. The standard InChI is InChI=1S/C28H44N5O2.ClH/c29-32-31-18-5-8-22-35-24-12-16-28-14-10-20-33(26-28)19-6-3-1-2-4-7-21-34-23-11-15-27-13-9-17-30-25-27;/h9-10,13-14,17,20,25-26H,1-8,11-12,15-16,18-19,21-24H2;1H/q+1;. The molecule has 200 valence electrons. The molecule has 0 N–H and O–H groups in total. The minimum absolute atomic E-state index is 0. The lowest BCUT2D eigenvalue weighted by Gasteiger charge is -2.05. The van der Waals surface area contributed by atoms with Gasteiger partial charge in [-0.2, -0.15) is 0 Å². The smallest absolute Gasteiger partial charge is 0.171 e. The summed E-state index contributed by atoms with van der Waals surface area (Å²) in [5.74, 6) is 0. The van der Waals surface area contributed by atoms with E-state index in [1.54, 1.807) is 0 Å². The number of nitrogens with zero attached hydrogens (tertiary/aromatic N) is 5. The monoisotopic (exact) mass is 518 g/mol. The number of hydrogen-bond acceptors (Lipinski definition) is 4. The van der Waals surface area contributed by atoms with E-state index < -0.39 is 0 Å². The number of aromatic nitrogens is 2. The van der Waals surface area contributed by atoms with Gasteiger partial charge >= 0.3 is 0 Å². The summed E-state index contributed by atoms with van der Waals surface area (Å²) in [6.07, 6.45) is 21.8. The number of pyridine rings is 2. The highest BCUT2D eigenvalue weighted by Crippen LogP contribution is 2.07. The van der Waals surface area contributed by atoms with Gasteiger partial charge in [-0.05, 0) is 74.6 Å². The van der Waals surface area contributed by atoms with Gasteiger partial charge in [0.1, 0.15) is 6.54 Å². The molecule has 2 rings (SSSR count). The van der Waals surface area contributed by atoms with Gasteiger partial charge in [0.05, 0.1) is 0 Å². The molecule has 7 nitrogen and oxygen atoms in total. The molecule has 0 amide bonds. The third-order valence-electron chi connectivity index (χ3n) is 5.97. The molecular formula is C28H45ClN5O2+. The van der Waals surface area contributed by atoms with Crippen LogP contribution in [0.5, 0.6) is 0 Å². The van der Waals surface area contributed by atoms with Crippen LogP contribution in [0.4, 0.5) is 0 Å². The van der Waals surface area contributed by atoms with Crippen LogP contribution in [-0.4, -0.2) is 38.0 Å². The molecule has 0 fully saturated rings. The molecule has 8 heteroatoms. The number of azide groups is 1. The zero-order valence-corrected chi connectivity index (χ0v) is 22.6. The molecule has 2 aromatic heterocycles. The van der Waals surface area contributed by atoms with E-state index in [4.69, 9.17) is 15.0 Å². The Labute approximate surface area is 223 Å². The van der Waals surface area contributed by atoms with E-state index in [0.717, 1.165) is 71.5 Å². The summed E-state index contributed by atoms with van der Waals surface area (Å²) in [7, 11) is 0. The molecule has 0 atom stereocenters. The van der Waals surface area contributed by atoms with Crippen molar-refractivity contribution >= 4 is 12.4 Å². The van der Waals surface area contributed by atoms with Crippen molar-refractivity contribution in [1.82, 2.24) is 4.98 Å². The van der Waals surface area contributed by atoms with Crippen molar-refractivity contribution in [2.45, 2.75) is 83.6 Å². The summed E-state index contributed by atoms with van der Waals surface area (Å²) in [6.45, 7) is 4.92. The van der Waals surface area contributed by atoms with Crippen LogP contribution in [0.1, 0.15) is 75.3 Å². The van der Waals surface area contributed by atoms with Crippen LogP contribution < -0.4 is 4.57 Å². The quantitative estimate of drug-likeness (QED) is 0.0563. The summed E-state index contributed by atoms with van der Waals surface area (Å²) in [4.78, 5) is 6.90. The third-order valence-corrected chi connectivity index (χ3v) is 5.97. The Morgan fingerprint density at radius 2 is 1.42 bits per heavy atom. The van der Waals surface area contributed by atoms with Crippen molar-refractivity contribution in [3.8, 4) is 0 Å². The van der Waals surface area contributed by atoms with Crippen LogP contribution in [0, 0.1) is 0 Å². The van der Waals surface area contributed by atoms with Gasteiger partial charge in [0.15, 0.2) is 12.4 Å². The molecule has 0 aliphatic rings. The van der Waals surface area contributed by atoms with Crippen LogP contribution >= 0.6 is 12.4 Å². The van der Waals surface area contributed by atoms with E-state index in [1.165, 1.54) is 49.7 Å². The molecule has 0 radical (unpaired) electrons. The lowest BCUT2D eigenvalue weighted by molar-refractivity contribution is -0.697. The van der Waals surface area contributed by atoms with Crippen LogP contribution in [-0.2, 0) is 28.9 Å². The molecule has 0 spiro atoms. The van der Waals surface area contributed by atoms with E-state index in [9.17, 15) is 0 Å². The second kappa shape index (κ2) is 23.2. The van der Waals surface area contributed by atoms with Gasteiger partial charge in [0.2, 0.25) is 0 Å². The van der Waals surface area contributed by atoms with Gasteiger partial charge < -0.3 is 9.47 Å². The Hall–Kier alpha value is -2.18. The van der Waals surface area contributed by atoms with Crippen molar-refractivity contribution < 1.29 is 14.0 Å². The average Bonchev–Trinajstić information content (AvgIpc) is 2.89. The first kappa shape index (κ1) is 31.8. The van der Waals surface area contributed by atoms with Crippen LogP contribution in [0.15, 0.2) is 54.2 Å². The zero-order valence-electron chi connectivity index (χ0n) is 21.8. The molecule has 0 bridgehead atoms. The molecule has 0 aromatic carbocycles. The minimum atomic E-state index is 0. The summed E-state index contributed by atoms with van der Waals surface area (Å²) in [5.41, 5.74) is 10.9. The number of unbranched alkanes of at least 4 members (excludes halogenated alkanes) is 6. The first-order valence-electron chi connectivity index (χ1n) is 13.4. The SMILES string of the molecule is Cl.[N-]=[N+]=NCCCCOCCCc1ccc[n+](CCCCCCCCOCCCc2cccnc2)c1. The summed E-state index contributed by atoms with van der Waals surface area (Å²) in [6, 6.07) is 8.48. The van der Waals surface area contributed by atoms with E-state index >= 15 is 0 Å². The number of hydrogen-bond donors (Lipinski definition) is 0. The number of halogens is 1. The van der Waals surface area contributed by atoms with Gasteiger partial charge in [-0.1, -0.05) is 30.4 Å². The Kier molecular flexibility index (Phi) is 20.6. The highest BCUT2D eigenvalue weighted by Gasteiger charge is 2.03. The van der Waals surface area contributed by atoms with Crippen molar-refractivity contribution in [1.29, 1.82) is 0 Å². The van der Waals surface area contributed by atoms with Gasteiger partial charge in [-0.25, -0.2) is 4.57 Å². The minimum Gasteiger partial charge on any atom is -0.381 e. The first-order valence-corrected chi connectivity index (χ1v) is 13.4. The Morgan fingerprint density at radius 1 is 0.778 bits per heavy atom. The zero-order chi connectivity index (χ0) is 24.7. The molecule has 2 heterocycles. The highest BCUT2D eigenvalue weighted by molar-refractivity contribution is 5.85. The van der Waals surface area contributed by atoms with E-state index in [1.807, 2.05) is 18.5 Å². The van der Waals surface area contributed by atoms with E-state index in [0.29, 0.717) is 6.54 Å². The van der Waals surface area contributed by atoms with Crippen LogP contribution in [0.25, 0.3) is 10.4 Å². The maximum atomic E-state index is 8.24. The lowest BCUT2D eigenvalue weighted by atomic mass is 10.1. The van der Waals surface area contributed by atoms with Gasteiger partial charge in [0, 0.05) is 68.3 Å². The number of aryl methyl sites for hydroxylation is 3. The highest BCUT2D eigenvalue weighted by atomic mass is 35.5. The Morgan fingerprint density at radius 3 is 2.14 bits per heavy atom. The fourth-order valence-electron chi connectivity index (χ4n) is 4.01. The second-order valence-corrected chi connectivity index (χ2v) is 9.03. The maximum Gasteiger partial charge on any atom is 0.171 e. The van der Waals surface area contributed by atoms with Crippen LogP contribution in [0.2, 0.25) is 0 Å². The van der Waals surface area contributed by atoms with Crippen molar-refractivity contribution in [2.75, 3.05) is 33.0 Å². The van der Waals surface area contributed by atoms with E-state index in [2.05, 4.69) is 50.2 Å². The van der Waals surface area contributed by atoms with Gasteiger partial charge in [-0.15, -0.1) is 12.4 Å². The topological polar surface area (TPSA) is 84.0 Å². The predicted molar refractivity (Wildman–Crippen MR) is 147 cm³/mol. The predicted octanol–water partition coefficient (Wildman–Crippen LogP) is 6.82. The average molecular weight is 519 g/mol. The molecule has 36 heavy (non-hydrogen) atoms. The second-order valence-electron chi connectivity index (χ2n) is 9.03. The molecule has 0 aliphatic heterocycles. The number of ether oxygens (including phenoxy) is 2. The Balaban J connectivity index is 0.00000648. The van der Waals surface area contributed by atoms with Crippen molar-refractivity contribution in [2.24, 2.45) is 5.11 Å². The van der Waals surface area contributed by atoms with Crippen molar-refractivity contribution in [3.05, 3.63) is 70.6 Å². The fraction of sp³-hybridized carbons (Fsp3) is 0.643. The molecular weight excluding hydrogens is 474 g/mol. The van der Waals surface area contributed by atoms with E-state index in [-0.39, 0.29) is 12.4 Å². The molecule has 0 unspecified atom stereocenters. The van der Waals surface area contributed by atoms with Gasteiger partial charge in [-0.3, -0.25) is 4.98 Å². The summed E-state index contributed by atoms with van der Waals surface area (Å²) < 4.78 is 13.8. The summed E-state index contributed by atoms with van der Waals surface area (Å²) >= 11 is 0.